The van der Waals surface area contributed by atoms with Gasteiger partial charge in [-0.25, -0.2) is 0 Å². The molecule has 2 heteroatoms. The minimum Gasteiger partial charge on any atom is -0.398 e. The lowest BCUT2D eigenvalue weighted by molar-refractivity contribution is 1.52. The SMILES string of the molecule is NC(=Cc1ccccc1N)c1ccccc1. The largest absolute Gasteiger partial charge is 0.398 e. The number of hydrogen-bond acceptors (Lipinski definition) is 2. The van der Waals surface area contributed by atoms with Crippen molar-refractivity contribution in [2.24, 2.45) is 5.73 Å². The highest BCUT2D eigenvalue weighted by molar-refractivity contribution is 5.82. The second-order valence-corrected chi connectivity index (χ2v) is 3.59. The lowest BCUT2D eigenvalue weighted by Crippen LogP contribution is -1.97. The van der Waals surface area contributed by atoms with E-state index in [1.54, 1.807) is 0 Å². The van der Waals surface area contributed by atoms with Crippen LogP contribution >= 0.6 is 0 Å². The maximum Gasteiger partial charge on any atom is 0.0394 e. The molecule has 0 aromatic heterocycles. The number of rotatable bonds is 2. The number of para-hydroxylation sites is 1. The highest BCUT2D eigenvalue weighted by Gasteiger charge is 1.97. The Morgan fingerprint density at radius 2 is 1.50 bits per heavy atom. The van der Waals surface area contributed by atoms with Gasteiger partial charge in [-0.1, -0.05) is 48.5 Å². The third-order valence-electron chi connectivity index (χ3n) is 2.41. The first-order valence-corrected chi connectivity index (χ1v) is 5.14. The predicted molar refractivity (Wildman–Crippen MR) is 69.4 cm³/mol. The van der Waals surface area contributed by atoms with Crippen LogP contribution in [0.1, 0.15) is 11.1 Å². The topological polar surface area (TPSA) is 52.0 Å². The third-order valence-corrected chi connectivity index (χ3v) is 2.41. The van der Waals surface area contributed by atoms with Crippen LogP contribution < -0.4 is 11.5 Å². The number of benzene rings is 2. The number of nitrogens with two attached hydrogens (primary N) is 2. The number of nitrogen functional groups attached to an aromatic ring is 1. The van der Waals surface area contributed by atoms with Gasteiger partial charge in [0.2, 0.25) is 0 Å². The third kappa shape index (κ3) is 2.23. The van der Waals surface area contributed by atoms with Crippen molar-refractivity contribution in [1.29, 1.82) is 0 Å². The average molecular weight is 210 g/mol. The van der Waals surface area contributed by atoms with Gasteiger partial charge in [0.15, 0.2) is 0 Å². The second-order valence-electron chi connectivity index (χ2n) is 3.59. The fourth-order valence-corrected chi connectivity index (χ4v) is 1.52. The van der Waals surface area contributed by atoms with E-state index < -0.39 is 0 Å². The normalized spacial score (nSPS) is 11.4. The van der Waals surface area contributed by atoms with Crippen molar-refractivity contribution in [3.8, 4) is 0 Å². The van der Waals surface area contributed by atoms with Crippen LogP contribution in [-0.2, 0) is 0 Å². The first-order valence-electron chi connectivity index (χ1n) is 5.14. The highest BCUT2D eigenvalue weighted by Crippen LogP contribution is 2.17. The van der Waals surface area contributed by atoms with E-state index in [2.05, 4.69) is 0 Å². The Hall–Kier alpha value is -2.22. The van der Waals surface area contributed by atoms with Gasteiger partial charge >= 0.3 is 0 Å². The fraction of sp³-hybridized carbons (Fsp3) is 0. The van der Waals surface area contributed by atoms with Crippen LogP contribution in [0, 0.1) is 0 Å². The molecule has 0 spiro atoms. The molecule has 2 aromatic rings. The van der Waals surface area contributed by atoms with E-state index in [1.165, 1.54) is 0 Å². The molecule has 0 amide bonds. The van der Waals surface area contributed by atoms with Crippen molar-refractivity contribution in [3.63, 3.8) is 0 Å². The van der Waals surface area contributed by atoms with E-state index in [0.717, 1.165) is 22.5 Å². The minimum atomic E-state index is 0.721. The second kappa shape index (κ2) is 4.53. The Morgan fingerprint density at radius 1 is 0.875 bits per heavy atom. The molecule has 0 heterocycles. The van der Waals surface area contributed by atoms with Gasteiger partial charge in [-0.3, -0.25) is 0 Å². The Labute approximate surface area is 95.2 Å². The molecule has 0 fully saturated rings. The van der Waals surface area contributed by atoms with Crippen LogP contribution in [0.15, 0.2) is 54.6 Å². The molecule has 0 aliphatic rings. The van der Waals surface area contributed by atoms with Crippen LogP contribution in [-0.4, -0.2) is 0 Å². The Balaban J connectivity index is 2.36. The summed E-state index contributed by atoms with van der Waals surface area (Å²) in [7, 11) is 0. The van der Waals surface area contributed by atoms with E-state index in [0.29, 0.717) is 0 Å². The summed E-state index contributed by atoms with van der Waals surface area (Å²) in [6.45, 7) is 0. The van der Waals surface area contributed by atoms with Crippen LogP contribution in [0.2, 0.25) is 0 Å². The number of hydrogen-bond donors (Lipinski definition) is 2. The van der Waals surface area contributed by atoms with Gasteiger partial charge in [0.1, 0.15) is 0 Å². The van der Waals surface area contributed by atoms with Crippen molar-refractivity contribution < 1.29 is 0 Å². The molecule has 2 aromatic carbocycles. The molecule has 0 saturated carbocycles. The van der Waals surface area contributed by atoms with Gasteiger partial charge in [-0.05, 0) is 23.3 Å². The van der Waals surface area contributed by atoms with E-state index in [-0.39, 0.29) is 0 Å². The van der Waals surface area contributed by atoms with Gasteiger partial charge < -0.3 is 11.5 Å². The summed E-state index contributed by atoms with van der Waals surface area (Å²) in [5.74, 6) is 0. The predicted octanol–water partition coefficient (Wildman–Crippen LogP) is 2.73. The lowest BCUT2D eigenvalue weighted by Gasteiger charge is -2.03. The molecule has 2 nitrogen and oxygen atoms in total. The summed E-state index contributed by atoms with van der Waals surface area (Å²) in [4.78, 5) is 0. The summed E-state index contributed by atoms with van der Waals surface area (Å²) in [5.41, 5.74) is 15.3. The van der Waals surface area contributed by atoms with Crippen molar-refractivity contribution in [2.45, 2.75) is 0 Å². The molecular formula is C14H14N2. The first kappa shape index (κ1) is 10.3. The minimum absolute atomic E-state index is 0.721. The monoisotopic (exact) mass is 210 g/mol. The van der Waals surface area contributed by atoms with E-state index >= 15 is 0 Å². The maximum atomic E-state index is 6.00. The Bertz CT molecular complexity index is 501. The molecule has 0 radical (unpaired) electrons. The molecule has 2 rings (SSSR count). The van der Waals surface area contributed by atoms with Crippen molar-refractivity contribution in [1.82, 2.24) is 0 Å². The lowest BCUT2D eigenvalue weighted by atomic mass is 10.1. The first-order chi connectivity index (χ1) is 7.77. The molecular weight excluding hydrogens is 196 g/mol. The molecule has 80 valence electrons. The summed E-state index contributed by atoms with van der Waals surface area (Å²) >= 11 is 0. The summed E-state index contributed by atoms with van der Waals surface area (Å²) in [6.07, 6.45) is 1.89. The van der Waals surface area contributed by atoms with Crippen LogP contribution in [0.25, 0.3) is 11.8 Å². The van der Waals surface area contributed by atoms with E-state index in [9.17, 15) is 0 Å². The molecule has 0 bridgehead atoms. The van der Waals surface area contributed by atoms with Crippen molar-refractivity contribution in [3.05, 3.63) is 65.7 Å². The van der Waals surface area contributed by atoms with Crippen LogP contribution in [0.4, 0.5) is 5.69 Å². The molecule has 0 aliphatic carbocycles. The van der Waals surface area contributed by atoms with Gasteiger partial charge in [0.25, 0.3) is 0 Å². The summed E-state index contributed by atoms with van der Waals surface area (Å²) in [5, 5.41) is 0. The summed E-state index contributed by atoms with van der Waals surface area (Å²) in [6, 6.07) is 17.5. The maximum absolute atomic E-state index is 6.00. The molecule has 16 heavy (non-hydrogen) atoms. The van der Waals surface area contributed by atoms with Crippen molar-refractivity contribution in [2.75, 3.05) is 5.73 Å². The Kier molecular flexibility index (Phi) is 2.92. The highest BCUT2D eigenvalue weighted by atomic mass is 14.6. The van der Waals surface area contributed by atoms with Crippen molar-refractivity contribution >= 4 is 17.5 Å². The van der Waals surface area contributed by atoms with Gasteiger partial charge in [0.05, 0.1) is 0 Å². The molecule has 0 unspecified atom stereocenters. The Morgan fingerprint density at radius 3 is 2.19 bits per heavy atom. The standard InChI is InChI=1S/C14H14N2/c15-13-9-5-4-8-12(13)10-14(16)11-6-2-1-3-7-11/h1-10H,15-16H2. The fourth-order valence-electron chi connectivity index (χ4n) is 1.52. The molecule has 0 atom stereocenters. The van der Waals surface area contributed by atoms with E-state index in [1.807, 2.05) is 60.7 Å². The molecule has 0 saturated heterocycles. The smallest absolute Gasteiger partial charge is 0.0394 e. The zero-order valence-corrected chi connectivity index (χ0v) is 8.93. The van der Waals surface area contributed by atoms with Crippen LogP contribution in [0.3, 0.4) is 0 Å². The summed E-state index contributed by atoms with van der Waals surface area (Å²) < 4.78 is 0. The van der Waals surface area contributed by atoms with Gasteiger partial charge in [-0.15, -0.1) is 0 Å². The zero-order valence-electron chi connectivity index (χ0n) is 8.93. The molecule has 4 N–H and O–H groups in total. The van der Waals surface area contributed by atoms with Gasteiger partial charge in [-0.2, -0.15) is 0 Å². The van der Waals surface area contributed by atoms with Gasteiger partial charge in [0, 0.05) is 11.4 Å². The zero-order chi connectivity index (χ0) is 11.4. The quantitative estimate of drug-likeness (QED) is 0.591. The number of anilines is 1. The van der Waals surface area contributed by atoms with E-state index in [4.69, 9.17) is 11.5 Å². The average Bonchev–Trinajstić information content (AvgIpc) is 2.33. The van der Waals surface area contributed by atoms with Crippen LogP contribution in [0.5, 0.6) is 0 Å². The molecule has 0 aliphatic heterocycles.